The van der Waals surface area contributed by atoms with Gasteiger partial charge >= 0.3 is 12.2 Å². The van der Waals surface area contributed by atoms with E-state index in [2.05, 4.69) is 25.9 Å². The minimum absolute atomic E-state index is 0.0722. The molecular formula is C50H52N6O9S2. The van der Waals surface area contributed by atoms with Crippen molar-refractivity contribution in [3.8, 4) is 20.9 Å². The number of hydrogen-bond acceptors (Lipinski definition) is 13. The largest absolute Gasteiger partial charge is 0.444 e. The van der Waals surface area contributed by atoms with Gasteiger partial charge in [-0.05, 0) is 102 Å². The zero-order valence-electron chi connectivity index (χ0n) is 38.3. The predicted molar refractivity (Wildman–Crippen MR) is 255 cm³/mol. The summed E-state index contributed by atoms with van der Waals surface area (Å²) in [6.07, 6.45) is -0.899. The number of rotatable bonds is 9. The van der Waals surface area contributed by atoms with Gasteiger partial charge in [0.15, 0.2) is 0 Å². The van der Waals surface area contributed by atoms with Crippen molar-refractivity contribution in [1.29, 1.82) is 0 Å². The Morgan fingerprint density at radius 1 is 0.612 bits per heavy atom. The van der Waals surface area contributed by atoms with Crippen LogP contribution in [0.15, 0.2) is 108 Å². The number of benzene rings is 4. The minimum Gasteiger partial charge on any atom is -0.444 e. The van der Waals surface area contributed by atoms with Crippen LogP contribution in [0.25, 0.3) is 20.9 Å². The lowest BCUT2D eigenvalue weighted by Gasteiger charge is -2.22. The number of thiazole rings is 2. The molecule has 0 bridgehead atoms. The maximum Gasteiger partial charge on any atom is 0.408 e. The number of fused-ring (bicyclic) bond motifs is 2. The van der Waals surface area contributed by atoms with Crippen molar-refractivity contribution >= 4 is 58.5 Å². The Labute approximate surface area is 396 Å². The second kappa shape index (κ2) is 21.0. The molecule has 2 aliphatic rings. The molecule has 0 unspecified atom stereocenters. The smallest absolute Gasteiger partial charge is 0.408 e. The van der Waals surface area contributed by atoms with Crippen LogP contribution in [0.3, 0.4) is 0 Å². The normalized spacial score (nSPS) is 13.8. The molecule has 2 aliphatic heterocycles. The fourth-order valence-electron chi connectivity index (χ4n) is 6.86. The topological polar surface area (TPSA) is 206 Å². The highest BCUT2D eigenvalue weighted by Crippen LogP contribution is 2.33. The van der Waals surface area contributed by atoms with Crippen LogP contribution in [0, 0.1) is 0 Å². The first-order valence-electron chi connectivity index (χ1n) is 21.3. The average molecular weight is 945 g/mol. The summed E-state index contributed by atoms with van der Waals surface area (Å²) < 4.78 is 10.6. The Kier molecular flexibility index (Phi) is 15.5. The summed E-state index contributed by atoms with van der Waals surface area (Å²) in [6, 6.07) is 28.8. The Balaban J connectivity index is 0.000000187. The molecule has 348 valence electrons. The van der Waals surface area contributed by atoms with Gasteiger partial charge in [-0.2, -0.15) is 0 Å². The molecule has 6 amide bonds. The van der Waals surface area contributed by atoms with Gasteiger partial charge in [-0.1, -0.05) is 72.8 Å². The van der Waals surface area contributed by atoms with E-state index in [9.17, 15) is 33.9 Å². The number of imide groups is 2. The molecule has 4 N–H and O–H groups in total. The van der Waals surface area contributed by atoms with Crippen LogP contribution in [-0.4, -0.2) is 67.0 Å². The van der Waals surface area contributed by atoms with Gasteiger partial charge in [0.1, 0.15) is 11.2 Å². The van der Waals surface area contributed by atoms with Crippen molar-refractivity contribution in [3.63, 3.8) is 0 Å². The fourth-order valence-corrected chi connectivity index (χ4v) is 8.49. The quantitative estimate of drug-likeness (QED) is 0.100. The Morgan fingerprint density at radius 3 is 1.37 bits per heavy atom. The molecule has 2 atom stereocenters. The lowest BCUT2D eigenvalue weighted by molar-refractivity contribution is 0.0496. The second-order valence-corrected chi connectivity index (χ2v) is 19.2. The van der Waals surface area contributed by atoms with Crippen LogP contribution in [0.1, 0.15) is 131 Å². The summed E-state index contributed by atoms with van der Waals surface area (Å²) in [4.78, 5) is 82.8. The van der Waals surface area contributed by atoms with Gasteiger partial charge in [0.05, 0.1) is 79.7 Å². The van der Waals surface area contributed by atoms with E-state index in [0.29, 0.717) is 33.6 Å². The molecule has 15 nitrogen and oxygen atoms in total. The standard InChI is InChI=1S/C25H25N3O4S.C17H22N2O3S.C8H5NO2/c1-15(27-24(31)32-25(2,3)4)16-9-11-17(12-10-16)21-20(26-14-33-21)13-28-22(29)18-7-5-6-8-19(18)23(28)30;1-11(19-16(21)22-17(2,3)4)12-5-7-13(8-6-12)15-14(9-20)18-10-23-15;10-7-5-3-1-2-4-6(5)8(11)9-7/h5-12,14-15H,13H2,1-4H3,(H,27,31);5-8,10-11,20H,9H2,1-4H3,(H,19,21);1-4H,(H,9,10,11)/t15-;11-;/m00./s1. The molecule has 0 saturated carbocycles. The number of aromatic nitrogens is 2. The number of aliphatic hydroxyl groups is 1. The molecule has 4 aromatic carbocycles. The van der Waals surface area contributed by atoms with Crippen LogP contribution >= 0.6 is 22.7 Å². The summed E-state index contributed by atoms with van der Waals surface area (Å²) in [5.74, 6) is -1.20. The van der Waals surface area contributed by atoms with E-state index >= 15 is 0 Å². The van der Waals surface area contributed by atoms with Gasteiger partial charge in [-0.25, -0.2) is 19.6 Å². The molecular weight excluding hydrogens is 893 g/mol. The number of hydrogen-bond donors (Lipinski definition) is 4. The zero-order valence-corrected chi connectivity index (χ0v) is 40.0. The third-order valence-electron chi connectivity index (χ3n) is 10.1. The highest BCUT2D eigenvalue weighted by Gasteiger charge is 2.36. The number of carbonyl (C=O) groups is 6. The lowest BCUT2D eigenvalue weighted by Crippen LogP contribution is -2.34. The lowest BCUT2D eigenvalue weighted by atomic mass is 10.0. The first-order valence-corrected chi connectivity index (χ1v) is 23.0. The first-order chi connectivity index (χ1) is 31.7. The monoisotopic (exact) mass is 944 g/mol. The number of aliphatic hydroxyl groups excluding tert-OH is 1. The van der Waals surface area contributed by atoms with Crippen molar-refractivity contribution in [3.05, 3.63) is 153 Å². The van der Waals surface area contributed by atoms with Crippen molar-refractivity contribution in [1.82, 2.24) is 30.8 Å². The predicted octanol–water partition coefficient (Wildman–Crippen LogP) is 9.65. The number of alkyl carbamates (subject to hydrolysis) is 2. The summed E-state index contributed by atoms with van der Waals surface area (Å²) in [6.45, 7) is 14.8. The van der Waals surface area contributed by atoms with E-state index in [4.69, 9.17) is 9.47 Å². The Bertz CT molecular complexity index is 2700. The van der Waals surface area contributed by atoms with Crippen LogP contribution in [0.5, 0.6) is 0 Å². The van der Waals surface area contributed by atoms with E-state index in [1.807, 2.05) is 104 Å². The second-order valence-electron chi connectivity index (χ2n) is 17.5. The summed E-state index contributed by atoms with van der Waals surface area (Å²) in [7, 11) is 0. The summed E-state index contributed by atoms with van der Waals surface area (Å²) >= 11 is 2.95. The molecule has 0 saturated heterocycles. The van der Waals surface area contributed by atoms with Crippen LogP contribution in [0.2, 0.25) is 0 Å². The average Bonchev–Trinajstić information content (AvgIpc) is 4.07. The molecule has 67 heavy (non-hydrogen) atoms. The van der Waals surface area contributed by atoms with Crippen molar-refractivity contribution in [2.24, 2.45) is 0 Å². The molecule has 0 spiro atoms. The van der Waals surface area contributed by atoms with Gasteiger partial charge < -0.3 is 25.2 Å². The van der Waals surface area contributed by atoms with Crippen LogP contribution in [0.4, 0.5) is 9.59 Å². The van der Waals surface area contributed by atoms with E-state index < -0.39 is 23.4 Å². The molecule has 17 heteroatoms. The van der Waals surface area contributed by atoms with Gasteiger partial charge in [0.2, 0.25) is 0 Å². The number of nitrogens with one attached hydrogen (secondary N) is 3. The molecule has 8 rings (SSSR count). The van der Waals surface area contributed by atoms with Crippen LogP contribution in [-0.2, 0) is 22.6 Å². The molecule has 6 aromatic rings. The number of amides is 6. The van der Waals surface area contributed by atoms with Crippen molar-refractivity contribution in [2.45, 2.75) is 91.8 Å². The summed E-state index contributed by atoms with van der Waals surface area (Å²) in [5.41, 5.74) is 9.35. The maximum absolute atomic E-state index is 12.7. The van der Waals surface area contributed by atoms with E-state index in [0.717, 1.165) is 32.0 Å². The number of carbonyl (C=O) groups excluding carboxylic acids is 6. The molecule has 0 radical (unpaired) electrons. The third kappa shape index (κ3) is 12.6. The molecule has 2 aromatic heterocycles. The molecule has 4 heterocycles. The SMILES string of the molecule is C[C@H](NC(=O)OC(C)(C)C)c1ccc(-c2scnc2CN2C(=O)c3ccccc3C2=O)cc1.C[C@H](NC(=O)OC(C)(C)C)c1ccc(-c2scnc2CO)cc1.O=C1NC(=O)c2ccccc21. The van der Waals surface area contributed by atoms with Crippen LogP contribution < -0.4 is 16.0 Å². The van der Waals surface area contributed by atoms with E-state index in [1.54, 1.807) is 59.6 Å². The zero-order chi connectivity index (χ0) is 48.6. The molecule has 0 aliphatic carbocycles. The Hall–Kier alpha value is -7.08. The van der Waals surface area contributed by atoms with Gasteiger partial charge in [0, 0.05) is 0 Å². The van der Waals surface area contributed by atoms with Crippen molar-refractivity contribution < 1.29 is 43.3 Å². The summed E-state index contributed by atoms with van der Waals surface area (Å²) in [5, 5.41) is 17.1. The number of ether oxygens (including phenoxy) is 2. The first kappa shape index (κ1) is 49.4. The van der Waals surface area contributed by atoms with E-state index in [1.165, 1.54) is 27.6 Å². The Morgan fingerprint density at radius 2 is 0.985 bits per heavy atom. The highest BCUT2D eigenvalue weighted by molar-refractivity contribution is 7.13. The maximum atomic E-state index is 12.7. The fraction of sp³-hybridized carbons (Fsp3) is 0.280. The molecule has 0 fully saturated rings. The van der Waals surface area contributed by atoms with Gasteiger partial charge in [-0.15, -0.1) is 22.7 Å². The van der Waals surface area contributed by atoms with Gasteiger partial charge in [-0.3, -0.25) is 29.4 Å². The minimum atomic E-state index is -0.560. The number of nitrogens with zero attached hydrogens (tertiary/aromatic N) is 3. The van der Waals surface area contributed by atoms with Gasteiger partial charge in [0.25, 0.3) is 23.6 Å². The highest BCUT2D eigenvalue weighted by atomic mass is 32.1. The van der Waals surface area contributed by atoms with E-state index in [-0.39, 0.29) is 48.9 Å². The van der Waals surface area contributed by atoms with Crippen molar-refractivity contribution in [2.75, 3.05) is 0 Å². The third-order valence-corrected chi connectivity index (χ3v) is 11.9.